The van der Waals surface area contributed by atoms with E-state index in [1.807, 2.05) is 0 Å². The fourth-order valence-corrected chi connectivity index (χ4v) is 1.66. The first-order valence-electron chi connectivity index (χ1n) is 5.09. The molecule has 100 valence electrons. The summed E-state index contributed by atoms with van der Waals surface area (Å²) in [6, 6.07) is 3.79. The Morgan fingerprint density at radius 3 is 2.78 bits per heavy atom. The molecule has 1 unspecified atom stereocenters. The van der Waals surface area contributed by atoms with Crippen LogP contribution in [0.5, 0.6) is 5.75 Å². The quantitative estimate of drug-likeness (QED) is 0.845. The van der Waals surface area contributed by atoms with Crippen LogP contribution in [0.3, 0.4) is 0 Å². The van der Waals surface area contributed by atoms with Crippen molar-refractivity contribution in [3.05, 3.63) is 28.2 Å². The molecular formula is C11H12BrF2NO3. The van der Waals surface area contributed by atoms with Gasteiger partial charge in [-0.15, -0.1) is 0 Å². The molecule has 0 amide bonds. The summed E-state index contributed by atoms with van der Waals surface area (Å²) >= 11 is 3.21. The lowest BCUT2D eigenvalue weighted by Crippen LogP contribution is -2.33. The molecule has 1 atom stereocenters. The Labute approximate surface area is 111 Å². The third-order valence-corrected chi connectivity index (χ3v) is 2.70. The van der Waals surface area contributed by atoms with Gasteiger partial charge in [-0.3, -0.25) is 4.79 Å². The number of nitrogens with one attached hydrogen (secondary N) is 1. The van der Waals surface area contributed by atoms with Crippen LogP contribution in [-0.4, -0.2) is 23.7 Å². The highest BCUT2D eigenvalue weighted by atomic mass is 79.9. The van der Waals surface area contributed by atoms with Crippen LogP contribution < -0.4 is 10.1 Å². The van der Waals surface area contributed by atoms with Crippen LogP contribution in [0.4, 0.5) is 8.78 Å². The SMILES string of the molecule is CC(NCc1cc(Br)ccc1OC(F)F)C(=O)O. The summed E-state index contributed by atoms with van der Waals surface area (Å²) in [7, 11) is 0. The Balaban J connectivity index is 2.78. The fourth-order valence-electron chi connectivity index (χ4n) is 1.25. The van der Waals surface area contributed by atoms with Gasteiger partial charge in [-0.25, -0.2) is 0 Å². The molecule has 7 heteroatoms. The molecule has 0 heterocycles. The Hall–Kier alpha value is -1.21. The minimum absolute atomic E-state index is 0.0262. The van der Waals surface area contributed by atoms with Crippen molar-refractivity contribution in [1.29, 1.82) is 0 Å². The number of carbonyl (C=O) groups is 1. The molecule has 18 heavy (non-hydrogen) atoms. The zero-order chi connectivity index (χ0) is 13.7. The molecule has 2 N–H and O–H groups in total. The van der Waals surface area contributed by atoms with Gasteiger partial charge in [-0.1, -0.05) is 15.9 Å². The summed E-state index contributed by atoms with van der Waals surface area (Å²) < 4.78 is 29.4. The van der Waals surface area contributed by atoms with Gasteiger partial charge >= 0.3 is 12.6 Å². The molecule has 1 rings (SSSR count). The van der Waals surface area contributed by atoms with E-state index in [1.54, 1.807) is 12.1 Å². The second kappa shape index (κ2) is 6.65. The van der Waals surface area contributed by atoms with Gasteiger partial charge < -0.3 is 15.2 Å². The van der Waals surface area contributed by atoms with Crippen LogP contribution in [0.1, 0.15) is 12.5 Å². The van der Waals surface area contributed by atoms with Crippen LogP contribution in [0, 0.1) is 0 Å². The summed E-state index contributed by atoms with van der Waals surface area (Å²) in [6.07, 6.45) is 0. The smallest absolute Gasteiger partial charge is 0.387 e. The van der Waals surface area contributed by atoms with E-state index < -0.39 is 18.6 Å². The van der Waals surface area contributed by atoms with E-state index in [9.17, 15) is 13.6 Å². The molecule has 4 nitrogen and oxygen atoms in total. The average molecular weight is 324 g/mol. The van der Waals surface area contributed by atoms with Crippen molar-refractivity contribution in [1.82, 2.24) is 5.32 Å². The maximum atomic E-state index is 12.2. The number of alkyl halides is 2. The number of hydrogen-bond donors (Lipinski definition) is 2. The fraction of sp³-hybridized carbons (Fsp3) is 0.364. The summed E-state index contributed by atoms with van der Waals surface area (Å²) in [5, 5.41) is 11.4. The Kier molecular flexibility index (Phi) is 5.49. The molecule has 0 bridgehead atoms. The van der Waals surface area contributed by atoms with Gasteiger partial charge in [0.15, 0.2) is 0 Å². The van der Waals surface area contributed by atoms with Crippen LogP contribution in [0.15, 0.2) is 22.7 Å². The minimum Gasteiger partial charge on any atom is -0.480 e. The van der Waals surface area contributed by atoms with Gasteiger partial charge in [0.05, 0.1) is 0 Å². The first-order valence-corrected chi connectivity index (χ1v) is 5.89. The highest BCUT2D eigenvalue weighted by Crippen LogP contribution is 2.24. The predicted octanol–water partition coefficient (Wildman–Crippen LogP) is 2.61. The average Bonchev–Trinajstić information content (AvgIpc) is 2.28. The summed E-state index contributed by atoms with van der Waals surface area (Å²) in [5.41, 5.74) is 0.456. The number of halogens is 3. The summed E-state index contributed by atoms with van der Waals surface area (Å²) in [5.74, 6) is -0.986. The van der Waals surface area contributed by atoms with Crippen molar-refractivity contribution in [3.63, 3.8) is 0 Å². The van der Waals surface area contributed by atoms with Gasteiger partial charge in [-0.2, -0.15) is 8.78 Å². The summed E-state index contributed by atoms with van der Waals surface area (Å²) in [6.45, 7) is -1.33. The van der Waals surface area contributed by atoms with Gasteiger partial charge in [0.1, 0.15) is 11.8 Å². The largest absolute Gasteiger partial charge is 0.480 e. The molecule has 0 aromatic heterocycles. The number of benzene rings is 1. The van der Waals surface area contributed by atoms with Gasteiger partial charge in [0.25, 0.3) is 0 Å². The molecule has 0 aliphatic rings. The number of carboxylic acid groups (broad SMARTS) is 1. The second-order valence-electron chi connectivity index (χ2n) is 3.57. The van der Waals surface area contributed by atoms with E-state index in [4.69, 9.17) is 5.11 Å². The maximum Gasteiger partial charge on any atom is 0.387 e. The van der Waals surface area contributed by atoms with Gasteiger partial charge in [0.2, 0.25) is 0 Å². The highest BCUT2D eigenvalue weighted by molar-refractivity contribution is 9.10. The first kappa shape index (κ1) is 14.8. The minimum atomic E-state index is -2.91. The lowest BCUT2D eigenvalue weighted by Gasteiger charge is -2.13. The van der Waals surface area contributed by atoms with Crippen molar-refractivity contribution >= 4 is 21.9 Å². The van der Waals surface area contributed by atoms with Crippen LogP contribution in [0.2, 0.25) is 0 Å². The molecule has 0 spiro atoms. The standard InChI is InChI=1S/C11H12BrF2NO3/c1-6(10(16)17)15-5-7-4-8(12)2-3-9(7)18-11(13)14/h2-4,6,11,15H,5H2,1H3,(H,16,17). The molecule has 1 aromatic rings. The number of carboxylic acids is 1. The van der Waals surface area contributed by atoms with Crippen molar-refractivity contribution in [3.8, 4) is 5.75 Å². The molecule has 0 saturated heterocycles. The molecule has 1 aromatic carbocycles. The molecule has 0 aliphatic heterocycles. The molecule has 0 aliphatic carbocycles. The lowest BCUT2D eigenvalue weighted by atomic mass is 10.2. The maximum absolute atomic E-state index is 12.2. The Morgan fingerprint density at radius 2 is 2.22 bits per heavy atom. The highest BCUT2D eigenvalue weighted by Gasteiger charge is 2.13. The monoisotopic (exact) mass is 323 g/mol. The van der Waals surface area contributed by atoms with E-state index in [-0.39, 0.29) is 12.3 Å². The number of hydrogen-bond acceptors (Lipinski definition) is 3. The van der Waals surface area contributed by atoms with Crippen molar-refractivity contribution < 1.29 is 23.4 Å². The Morgan fingerprint density at radius 1 is 1.56 bits per heavy atom. The van der Waals surface area contributed by atoms with E-state index in [1.165, 1.54) is 13.0 Å². The normalized spacial score (nSPS) is 12.5. The van der Waals surface area contributed by atoms with Gasteiger partial charge in [0, 0.05) is 16.6 Å². The number of aliphatic carboxylic acids is 1. The topological polar surface area (TPSA) is 58.6 Å². The van der Waals surface area contributed by atoms with Gasteiger partial charge in [-0.05, 0) is 25.1 Å². The number of ether oxygens (including phenoxy) is 1. The first-order chi connectivity index (χ1) is 8.40. The van der Waals surface area contributed by atoms with Crippen molar-refractivity contribution in [2.24, 2.45) is 0 Å². The molecule has 0 saturated carbocycles. The summed E-state index contributed by atoms with van der Waals surface area (Å²) in [4.78, 5) is 10.6. The van der Waals surface area contributed by atoms with E-state index in [0.717, 1.165) is 0 Å². The Bertz CT molecular complexity index is 429. The van der Waals surface area contributed by atoms with Crippen molar-refractivity contribution in [2.75, 3.05) is 0 Å². The van der Waals surface area contributed by atoms with Crippen molar-refractivity contribution in [2.45, 2.75) is 26.1 Å². The molecular weight excluding hydrogens is 312 g/mol. The van der Waals surface area contributed by atoms with E-state index in [2.05, 4.69) is 26.0 Å². The zero-order valence-corrected chi connectivity index (χ0v) is 11.1. The van der Waals surface area contributed by atoms with E-state index in [0.29, 0.717) is 10.0 Å². The van der Waals surface area contributed by atoms with Crippen LogP contribution in [0.25, 0.3) is 0 Å². The molecule has 0 fully saturated rings. The van der Waals surface area contributed by atoms with Crippen LogP contribution >= 0.6 is 15.9 Å². The third kappa shape index (κ3) is 4.58. The third-order valence-electron chi connectivity index (χ3n) is 2.21. The number of rotatable bonds is 6. The predicted molar refractivity (Wildman–Crippen MR) is 64.7 cm³/mol. The lowest BCUT2D eigenvalue weighted by molar-refractivity contribution is -0.139. The van der Waals surface area contributed by atoms with E-state index >= 15 is 0 Å². The molecule has 0 radical (unpaired) electrons. The second-order valence-corrected chi connectivity index (χ2v) is 4.49. The van der Waals surface area contributed by atoms with Crippen LogP contribution in [-0.2, 0) is 11.3 Å². The zero-order valence-electron chi connectivity index (χ0n) is 9.49.